The molecular formula is C36H46FN3O3S. The third-order valence-corrected chi connectivity index (χ3v) is 9.62. The highest BCUT2D eigenvalue weighted by Gasteiger charge is 2.20. The number of carbonyl (C=O) groups excluding carboxylic acids is 1. The second-order valence-corrected chi connectivity index (χ2v) is 12.9. The van der Waals surface area contributed by atoms with Gasteiger partial charge in [0.15, 0.2) is 6.73 Å². The molecule has 0 saturated carbocycles. The lowest BCUT2D eigenvalue weighted by atomic mass is 10.1. The van der Waals surface area contributed by atoms with Crippen LogP contribution < -0.4 is 10.5 Å². The quantitative estimate of drug-likeness (QED) is 0.0935. The van der Waals surface area contributed by atoms with E-state index >= 15 is 0 Å². The fraction of sp³-hybridized carbons (Fsp3) is 0.500. The van der Waals surface area contributed by atoms with E-state index in [1.54, 1.807) is 23.5 Å². The van der Waals surface area contributed by atoms with E-state index in [0.717, 1.165) is 79.7 Å². The zero-order valence-electron chi connectivity index (χ0n) is 27.0. The number of carbonyl (C=O) groups is 1. The van der Waals surface area contributed by atoms with Crippen LogP contribution in [0.15, 0.2) is 58.7 Å². The van der Waals surface area contributed by atoms with Crippen molar-refractivity contribution >= 4 is 44.0 Å². The molecule has 0 spiro atoms. The van der Waals surface area contributed by atoms with Gasteiger partial charge in [0.2, 0.25) is 0 Å². The standard InChI is InChI=1S/C36H46FN3O3S/c1-2-3-4-5-6-7-8-9-10-11-36(42)43-27-40-32-24-28(12-13-29(32)14-15-35(40)41)16-18-38-19-21-39(22-20-38)33-25-30(37)26-34-31(33)17-23-44-34/h12-15,17,23-26H,2-11,16,18-22,27H2,1H3/i14D. The summed E-state index contributed by atoms with van der Waals surface area (Å²) in [4.78, 5) is 30.0. The summed E-state index contributed by atoms with van der Waals surface area (Å²) in [5, 5.41) is 3.79. The fourth-order valence-corrected chi connectivity index (χ4v) is 6.95. The van der Waals surface area contributed by atoms with Gasteiger partial charge in [-0.1, -0.05) is 70.4 Å². The second-order valence-electron chi connectivity index (χ2n) is 12.0. The van der Waals surface area contributed by atoms with Crippen molar-refractivity contribution < 1.29 is 15.3 Å². The van der Waals surface area contributed by atoms with Crippen molar-refractivity contribution in [2.24, 2.45) is 0 Å². The van der Waals surface area contributed by atoms with Gasteiger partial charge < -0.3 is 9.64 Å². The van der Waals surface area contributed by atoms with Crippen LogP contribution in [0.3, 0.4) is 0 Å². The van der Waals surface area contributed by atoms with Crippen LogP contribution in [-0.4, -0.2) is 48.2 Å². The third kappa shape index (κ3) is 8.69. The van der Waals surface area contributed by atoms with Gasteiger partial charge in [-0.25, -0.2) is 4.39 Å². The van der Waals surface area contributed by atoms with Crippen LogP contribution in [0, 0.1) is 5.82 Å². The Morgan fingerprint density at radius 1 is 0.955 bits per heavy atom. The number of anilines is 1. The summed E-state index contributed by atoms with van der Waals surface area (Å²) in [5.74, 6) is -0.484. The number of pyridine rings is 1. The predicted molar refractivity (Wildman–Crippen MR) is 180 cm³/mol. The molecule has 0 bridgehead atoms. The number of unbranched alkanes of at least 4 members (excludes halogenated alkanes) is 8. The first-order valence-corrected chi connectivity index (χ1v) is 17.2. The Morgan fingerprint density at radius 3 is 2.48 bits per heavy atom. The minimum absolute atomic E-state index is 0.144. The minimum Gasteiger partial charge on any atom is -0.444 e. The number of ether oxygens (including phenoxy) is 1. The molecule has 4 aromatic rings. The maximum Gasteiger partial charge on any atom is 0.307 e. The summed E-state index contributed by atoms with van der Waals surface area (Å²) in [7, 11) is 0. The van der Waals surface area contributed by atoms with Crippen LogP contribution >= 0.6 is 11.3 Å². The molecule has 1 aliphatic rings. The largest absolute Gasteiger partial charge is 0.444 e. The van der Waals surface area contributed by atoms with Gasteiger partial charge in [-0.15, -0.1) is 11.3 Å². The number of esters is 1. The average Bonchev–Trinajstić information content (AvgIpc) is 3.51. The molecule has 2 aromatic heterocycles. The van der Waals surface area contributed by atoms with E-state index in [2.05, 4.69) is 22.8 Å². The molecule has 1 saturated heterocycles. The van der Waals surface area contributed by atoms with Crippen LogP contribution in [0.2, 0.25) is 0 Å². The highest BCUT2D eigenvalue weighted by molar-refractivity contribution is 7.17. The first kappa shape index (κ1) is 30.8. The van der Waals surface area contributed by atoms with Gasteiger partial charge in [-0.2, -0.15) is 0 Å². The number of aromatic nitrogens is 1. The number of rotatable bonds is 16. The third-order valence-electron chi connectivity index (χ3n) is 8.75. The molecule has 44 heavy (non-hydrogen) atoms. The Hall–Kier alpha value is -3.23. The number of nitrogens with zero attached hydrogens (tertiary/aromatic N) is 3. The van der Waals surface area contributed by atoms with E-state index in [1.807, 2.05) is 23.6 Å². The van der Waals surface area contributed by atoms with Crippen molar-refractivity contribution in [3.63, 3.8) is 0 Å². The Balaban J connectivity index is 1.12. The predicted octanol–water partition coefficient (Wildman–Crippen LogP) is 8.14. The lowest BCUT2D eigenvalue weighted by molar-refractivity contribution is -0.147. The number of hydrogen-bond donors (Lipinski definition) is 0. The average molecular weight is 621 g/mol. The van der Waals surface area contributed by atoms with Crippen LogP contribution in [0.1, 0.15) is 78.1 Å². The smallest absolute Gasteiger partial charge is 0.307 e. The zero-order chi connectivity index (χ0) is 31.6. The number of fused-ring (bicyclic) bond motifs is 2. The van der Waals surface area contributed by atoms with Gasteiger partial charge in [0.25, 0.3) is 5.56 Å². The van der Waals surface area contributed by atoms with Crippen molar-refractivity contribution in [2.75, 3.05) is 37.6 Å². The summed E-state index contributed by atoms with van der Waals surface area (Å²) >= 11 is 1.57. The molecule has 0 N–H and O–H groups in total. The normalized spacial score (nSPS) is 14.4. The van der Waals surface area contributed by atoms with Crippen LogP contribution in [0.5, 0.6) is 0 Å². The molecule has 1 fully saturated rings. The van der Waals surface area contributed by atoms with Crippen LogP contribution in [0.4, 0.5) is 10.1 Å². The Labute approximate surface area is 265 Å². The molecule has 2 aromatic carbocycles. The molecule has 0 aliphatic carbocycles. The second kappa shape index (κ2) is 16.2. The highest BCUT2D eigenvalue weighted by Crippen LogP contribution is 2.32. The van der Waals surface area contributed by atoms with E-state index < -0.39 is 0 Å². The number of piperazine rings is 1. The maximum absolute atomic E-state index is 14.2. The molecule has 6 nitrogen and oxygen atoms in total. The van der Waals surface area contributed by atoms with E-state index in [0.29, 0.717) is 17.3 Å². The number of thiophene rings is 1. The lowest BCUT2D eigenvalue weighted by Gasteiger charge is -2.36. The molecule has 0 amide bonds. The molecular weight excluding hydrogens is 573 g/mol. The van der Waals surface area contributed by atoms with Gasteiger partial charge in [-0.3, -0.25) is 19.1 Å². The zero-order valence-corrected chi connectivity index (χ0v) is 26.8. The van der Waals surface area contributed by atoms with Gasteiger partial charge in [0.1, 0.15) is 5.82 Å². The molecule has 0 radical (unpaired) electrons. The van der Waals surface area contributed by atoms with Crippen molar-refractivity contribution in [1.82, 2.24) is 9.47 Å². The molecule has 5 rings (SSSR count). The van der Waals surface area contributed by atoms with Gasteiger partial charge in [0, 0.05) is 61.0 Å². The van der Waals surface area contributed by atoms with Crippen molar-refractivity contribution in [2.45, 2.75) is 84.3 Å². The molecule has 3 heterocycles. The van der Waals surface area contributed by atoms with E-state index in [1.165, 1.54) is 49.2 Å². The fourth-order valence-electron chi connectivity index (χ4n) is 6.12. The van der Waals surface area contributed by atoms with E-state index in [4.69, 9.17) is 6.11 Å². The first-order chi connectivity index (χ1) is 21.9. The Bertz CT molecular complexity index is 1630. The van der Waals surface area contributed by atoms with Gasteiger partial charge in [0.05, 0.1) is 6.89 Å². The summed E-state index contributed by atoms with van der Waals surface area (Å²) < 4.78 is 30.5. The summed E-state index contributed by atoms with van der Waals surface area (Å²) in [5.41, 5.74) is 2.32. The molecule has 0 unspecified atom stereocenters. The van der Waals surface area contributed by atoms with Crippen LogP contribution in [-0.2, 0) is 22.7 Å². The maximum atomic E-state index is 14.2. The molecule has 236 valence electrons. The van der Waals surface area contributed by atoms with Gasteiger partial charge >= 0.3 is 5.97 Å². The molecule has 8 heteroatoms. The first-order valence-electron chi connectivity index (χ1n) is 16.9. The topological polar surface area (TPSA) is 54.8 Å². The minimum atomic E-state index is -0.339. The van der Waals surface area contributed by atoms with Crippen molar-refractivity contribution in [3.8, 4) is 0 Å². The molecule has 1 aliphatic heterocycles. The van der Waals surface area contributed by atoms with Crippen LogP contribution in [0.25, 0.3) is 21.0 Å². The number of halogens is 1. The van der Waals surface area contributed by atoms with Crippen molar-refractivity contribution in [3.05, 3.63) is 75.6 Å². The summed E-state index contributed by atoms with van der Waals surface area (Å²) in [6.07, 6.45) is 11.8. The SMILES string of the molecule is [2H]c1cc(=O)n(COC(=O)CCCCCCCCCCC)c2cc(CCN3CCN(c4cc(F)cc5sccc45)CC3)ccc12. The summed E-state index contributed by atoms with van der Waals surface area (Å²) in [6, 6.07) is 12.7. The highest BCUT2D eigenvalue weighted by atomic mass is 32.1. The Kier molecular flexibility index (Phi) is 11.3. The van der Waals surface area contributed by atoms with Crippen molar-refractivity contribution in [1.29, 1.82) is 0 Å². The summed E-state index contributed by atoms with van der Waals surface area (Å²) in [6.45, 7) is 6.36. The molecule has 0 atom stereocenters. The van der Waals surface area contributed by atoms with E-state index in [9.17, 15) is 14.0 Å². The number of hydrogen-bond acceptors (Lipinski definition) is 6. The lowest BCUT2D eigenvalue weighted by Crippen LogP contribution is -2.47. The van der Waals surface area contributed by atoms with Gasteiger partial charge in [-0.05, 0) is 59.5 Å². The Morgan fingerprint density at radius 2 is 1.70 bits per heavy atom. The monoisotopic (exact) mass is 620 g/mol. The number of benzene rings is 2. The van der Waals surface area contributed by atoms with E-state index in [-0.39, 0.29) is 30.1 Å².